The third-order valence-electron chi connectivity index (χ3n) is 7.54. The van der Waals surface area contributed by atoms with Crippen LogP contribution in [0.3, 0.4) is 0 Å². The van der Waals surface area contributed by atoms with E-state index in [-0.39, 0.29) is 0 Å². The Balaban J connectivity index is 1.75. The van der Waals surface area contributed by atoms with Crippen LogP contribution in [-0.4, -0.2) is 33.7 Å². The standard InChI is InChI=1S/C39H44N4O4S/c1-6-8-9-13-16-37(41-46-29(4)44)36-27-43(38-26-34(21-22-35(36)38)48-25-23-31-14-11-10-12-15-31)33-19-17-32(18-20-33)39(42-47-30(5)45)28(3)40-24-7-2/h7,10-12,14-15,17-22,24,26-27,40H,3,6,8-9,13,16,23,25H2,1-2,4-5H3/b24-7-,41-37+,42-39+. The number of aromatic nitrogens is 1. The monoisotopic (exact) mass is 664 g/mol. The maximum atomic E-state index is 11.8. The summed E-state index contributed by atoms with van der Waals surface area (Å²) in [5.74, 6) is -0.0221. The number of rotatable bonds is 17. The molecular formula is C39H44N4O4S. The normalized spacial score (nSPS) is 12.0. The SMILES string of the molecule is C=C(N/C=C\C)/C(=N\OC(C)=O)c1ccc(-n2cc(/C(CCCCCC)=N/OC(C)=O)c3ccc(SCCc4ccccc4)cc32)cc1. The number of carbonyl (C=O) groups excluding carboxylic acids is 2. The van der Waals surface area contributed by atoms with E-state index < -0.39 is 11.9 Å². The van der Waals surface area contributed by atoms with E-state index in [0.29, 0.717) is 17.8 Å². The lowest BCUT2D eigenvalue weighted by Gasteiger charge is -2.11. The molecule has 1 aromatic heterocycles. The molecule has 0 saturated carbocycles. The lowest BCUT2D eigenvalue weighted by Crippen LogP contribution is -2.16. The fourth-order valence-corrected chi connectivity index (χ4v) is 6.10. The number of hydrogen-bond acceptors (Lipinski definition) is 8. The third kappa shape index (κ3) is 10.3. The van der Waals surface area contributed by atoms with Gasteiger partial charge in [-0.2, -0.15) is 0 Å². The summed E-state index contributed by atoms with van der Waals surface area (Å²) in [6.45, 7) is 10.8. The zero-order chi connectivity index (χ0) is 34.3. The van der Waals surface area contributed by atoms with Gasteiger partial charge in [0.2, 0.25) is 0 Å². The van der Waals surface area contributed by atoms with Crippen LogP contribution in [-0.2, 0) is 25.7 Å². The molecule has 0 radical (unpaired) electrons. The van der Waals surface area contributed by atoms with E-state index in [0.717, 1.165) is 76.2 Å². The number of oxime groups is 2. The van der Waals surface area contributed by atoms with Gasteiger partial charge in [-0.15, -0.1) is 11.8 Å². The average Bonchev–Trinajstić information content (AvgIpc) is 3.46. The Morgan fingerprint density at radius 3 is 2.35 bits per heavy atom. The highest BCUT2D eigenvalue weighted by atomic mass is 32.2. The highest BCUT2D eigenvalue weighted by Gasteiger charge is 2.18. The molecule has 0 unspecified atom stereocenters. The van der Waals surface area contributed by atoms with Crippen molar-refractivity contribution in [1.82, 2.24) is 9.88 Å². The first kappa shape index (κ1) is 36.0. The molecular weight excluding hydrogens is 621 g/mol. The van der Waals surface area contributed by atoms with Gasteiger partial charge in [0, 0.05) is 52.9 Å². The van der Waals surface area contributed by atoms with Crippen molar-refractivity contribution >= 4 is 46.0 Å². The van der Waals surface area contributed by atoms with Crippen LogP contribution in [0.2, 0.25) is 0 Å². The predicted octanol–water partition coefficient (Wildman–Crippen LogP) is 9.11. The summed E-state index contributed by atoms with van der Waals surface area (Å²) in [5, 5.41) is 12.5. The number of hydrogen-bond donors (Lipinski definition) is 1. The van der Waals surface area contributed by atoms with Crippen molar-refractivity contribution in [2.24, 2.45) is 10.3 Å². The first-order valence-electron chi connectivity index (χ1n) is 16.3. The van der Waals surface area contributed by atoms with Crippen molar-refractivity contribution in [1.29, 1.82) is 0 Å². The van der Waals surface area contributed by atoms with Crippen molar-refractivity contribution in [3.8, 4) is 5.69 Å². The molecule has 0 bridgehead atoms. The van der Waals surface area contributed by atoms with E-state index in [1.807, 2.05) is 55.1 Å². The molecule has 0 saturated heterocycles. The van der Waals surface area contributed by atoms with Gasteiger partial charge in [-0.05, 0) is 62.2 Å². The van der Waals surface area contributed by atoms with Gasteiger partial charge in [0.05, 0.1) is 16.9 Å². The van der Waals surface area contributed by atoms with Gasteiger partial charge >= 0.3 is 11.9 Å². The van der Waals surface area contributed by atoms with Gasteiger partial charge in [0.15, 0.2) is 0 Å². The molecule has 48 heavy (non-hydrogen) atoms. The Morgan fingerprint density at radius 2 is 1.67 bits per heavy atom. The molecule has 1 heterocycles. The summed E-state index contributed by atoms with van der Waals surface area (Å²) in [6.07, 6.45) is 11.6. The molecule has 1 N–H and O–H groups in total. The number of nitrogens with one attached hydrogen (secondary N) is 1. The van der Waals surface area contributed by atoms with Crippen LogP contribution in [0, 0.1) is 0 Å². The fraction of sp³-hybridized carbons (Fsp3) is 0.282. The van der Waals surface area contributed by atoms with Crippen molar-refractivity contribution < 1.29 is 19.3 Å². The molecule has 0 spiro atoms. The van der Waals surface area contributed by atoms with Crippen LogP contribution < -0.4 is 5.32 Å². The molecule has 0 atom stereocenters. The second kappa shape index (κ2) is 18.4. The fourth-order valence-electron chi connectivity index (χ4n) is 5.16. The van der Waals surface area contributed by atoms with Gasteiger partial charge in [-0.25, -0.2) is 9.59 Å². The van der Waals surface area contributed by atoms with Crippen LogP contribution in [0.5, 0.6) is 0 Å². The average molecular weight is 665 g/mol. The van der Waals surface area contributed by atoms with E-state index in [1.54, 1.807) is 6.20 Å². The summed E-state index contributed by atoms with van der Waals surface area (Å²) in [6, 6.07) is 24.8. The molecule has 0 amide bonds. The number of unbranched alkanes of at least 4 members (excludes halogenated alkanes) is 3. The largest absolute Gasteiger partial charge is 0.361 e. The van der Waals surface area contributed by atoms with Gasteiger partial charge in [-0.1, -0.05) is 97.7 Å². The van der Waals surface area contributed by atoms with Crippen LogP contribution in [0.15, 0.2) is 119 Å². The minimum atomic E-state index is -0.521. The number of benzene rings is 3. The molecule has 0 aliphatic carbocycles. The maximum absolute atomic E-state index is 11.8. The topological polar surface area (TPSA) is 94.3 Å². The van der Waals surface area contributed by atoms with Gasteiger partial charge < -0.3 is 19.6 Å². The van der Waals surface area contributed by atoms with E-state index in [2.05, 4.69) is 82.4 Å². The van der Waals surface area contributed by atoms with Gasteiger partial charge in [-0.3, -0.25) is 0 Å². The highest BCUT2D eigenvalue weighted by Crippen LogP contribution is 2.32. The number of thioether (sulfide) groups is 1. The summed E-state index contributed by atoms with van der Waals surface area (Å²) in [7, 11) is 0. The number of nitrogens with zero attached hydrogens (tertiary/aromatic N) is 3. The Morgan fingerprint density at radius 1 is 0.938 bits per heavy atom. The molecule has 0 aliphatic rings. The Bertz CT molecular complexity index is 1790. The third-order valence-corrected chi connectivity index (χ3v) is 8.53. The number of fused-ring (bicyclic) bond motifs is 1. The molecule has 9 heteroatoms. The molecule has 3 aromatic carbocycles. The van der Waals surface area contributed by atoms with Crippen LogP contribution in [0.4, 0.5) is 0 Å². The van der Waals surface area contributed by atoms with E-state index in [9.17, 15) is 9.59 Å². The number of aryl methyl sites for hydroxylation is 1. The Hall–Kier alpha value is -4.89. The number of carbonyl (C=O) groups is 2. The summed E-state index contributed by atoms with van der Waals surface area (Å²) in [4.78, 5) is 34.7. The second-order valence-corrected chi connectivity index (χ2v) is 12.5. The lowest BCUT2D eigenvalue weighted by molar-refractivity contribution is -0.141. The van der Waals surface area contributed by atoms with Gasteiger partial charge in [0.1, 0.15) is 5.71 Å². The van der Waals surface area contributed by atoms with Gasteiger partial charge in [0.25, 0.3) is 0 Å². The quantitative estimate of drug-likeness (QED) is 0.0398. The second-order valence-electron chi connectivity index (χ2n) is 11.3. The molecule has 0 fully saturated rings. The molecule has 4 aromatic rings. The first-order valence-corrected chi connectivity index (χ1v) is 17.3. The molecule has 8 nitrogen and oxygen atoms in total. The summed E-state index contributed by atoms with van der Waals surface area (Å²) >= 11 is 1.82. The molecule has 4 rings (SSSR count). The van der Waals surface area contributed by atoms with Crippen LogP contribution in [0.1, 0.15) is 76.5 Å². The van der Waals surface area contributed by atoms with Crippen molar-refractivity contribution in [2.45, 2.75) is 71.1 Å². The minimum absolute atomic E-state index is 0.410. The van der Waals surface area contributed by atoms with Crippen molar-refractivity contribution in [3.63, 3.8) is 0 Å². The first-order chi connectivity index (χ1) is 23.3. The zero-order valence-electron chi connectivity index (χ0n) is 28.2. The summed E-state index contributed by atoms with van der Waals surface area (Å²) < 4.78 is 2.14. The van der Waals surface area contributed by atoms with E-state index in [4.69, 9.17) is 9.68 Å². The highest BCUT2D eigenvalue weighted by molar-refractivity contribution is 7.99. The molecule has 0 aliphatic heterocycles. The maximum Gasteiger partial charge on any atom is 0.332 e. The van der Waals surface area contributed by atoms with Crippen molar-refractivity contribution in [3.05, 3.63) is 120 Å². The van der Waals surface area contributed by atoms with E-state index >= 15 is 0 Å². The number of allylic oxidation sites excluding steroid dienone is 2. The van der Waals surface area contributed by atoms with Crippen LogP contribution >= 0.6 is 11.8 Å². The van der Waals surface area contributed by atoms with E-state index in [1.165, 1.54) is 19.4 Å². The molecule has 250 valence electrons. The van der Waals surface area contributed by atoms with Crippen LogP contribution in [0.25, 0.3) is 16.6 Å². The van der Waals surface area contributed by atoms with Crippen molar-refractivity contribution in [2.75, 3.05) is 5.75 Å². The summed E-state index contributed by atoms with van der Waals surface area (Å²) in [5.41, 5.74) is 6.53. The smallest absolute Gasteiger partial charge is 0.332 e. The zero-order valence-corrected chi connectivity index (χ0v) is 29.0. The predicted molar refractivity (Wildman–Crippen MR) is 197 cm³/mol. The lowest BCUT2D eigenvalue weighted by atomic mass is 10.0. The Labute approximate surface area is 287 Å². The minimum Gasteiger partial charge on any atom is -0.361 e. The Kier molecular flexibility index (Phi) is 13.8.